The van der Waals surface area contributed by atoms with Crippen LogP contribution in [-0.4, -0.2) is 17.2 Å². The Kier molecular flexibility index (Phi) is 9.18. The smallest absolute Gasteiger partial charge is 0.248 e. The molecule has 0 radical (unpaired) electrons. The molecule has 1 amide bonds. The number of halogens is 1. The van der Waals surface area contributed by atoms with E-state index in [0.29, 0.717) is 0 Å². The minimum atomic E-state index is -0.563. The Balaban J connectivity index is 0.000000248. The van der Waals surface area contributed by atoms with E-state index in [2.05, 4.69) is 36.1 Å². The summed E-state index contributed by atoms with van der Waals surface area (Å²) in [5, 5.41) is 16.2. The van der Waals surface area contributed by atoms with Crippen LogP contribution in [0.4, 0.5) is 0 Å². The SMILES string of the molecule is N=Cc1ccc(C#CCCCc2ccccc2)cc1.NC(=O)c1ccc(O)c(Cl)c1. The van der Waals surface area contributed by atoms with Crippen LogP contribution in [0.2, 0.25) is 5.02 Å². The standard InChI is InChI=1S/C18H17N.C7H6ClNO2/c19-15-18-13-11-17(12-14-18)10-6-2-5-9-16-7-3-1-4-8-16;8-5-3-4(7(9)11)1-2-6(5)10/h1,3-4,7-8,11-15,19H,2,5,9H2;1-3,10H,(H2,9,11). The van der Waals surface area contributed by atoms with Gasteiger partial charge in [-0.2, -0.15) is 0 Å². The molecule has 0 bridgehead atoms. The molecule has 0 unspecified atom stereocenters. The third kappa shape index (κ3) is 7.83. The first kappa shape index (κ1) is 22.7. The maximum absolute atomic E-state index is 10.5. The van der Waals surface area contributed by atoms with Crippen LogP contribution in [0.3, 0.4) is 0 Å². The molecule has 5 heteroatoms. The number of hydrogen-bond acceptors (Lipinski definition) is 3. The van der Waals surface area contributed by atoms with Crippen LogP contribution in [-0.2, 0) is 6.42 Å². The molecule has 0 aliphatic carbocycles. The van der Waals surface area contributed by atoms with Crippen molar-refractivity contribution in [3.05, 3.63) is 100 Å². The minimum Gasteiger partial charge on any atom is -0.506 e. The van der Waals surface area contributed by atoms with Crippen molar-refractivity contribution in [2.75, 3.05) is 0 Å². The molecule has 0 saturated heterocycles. The van der Waals surface area contributed by atoms with E-state index >= 15 is 0 Å². The van der Waals surface area contributed by atoms with Crippen molar-refractivity contribution in [1.29, 1.82) is 5.41 Å². The maximum Gasteiger partial charge on any atom is 0.248 e. The maximum atomic E-state index is 10.5. The minimum absolute atomic E-state index is 0.0586. The molecule has 4 nitrogen and oxygen atoms in total. The predicted octanol–water partition coefficient (Wildman–Crippen LogP) is 5.20. The fourth-order valence-electron chi connectivity index (χ4n) is 2.51. The van der Waals surface area contributed by atoms with Gasteiger partial charge in [-0.25, -0.2) is 0 Å². The summed E-state index contributed by atoms with van der Waals surface area (Å²) >= 11 is 5.50. The number of aryl methyl sites for hydroxylation is 1. The summed E-state index contributed by atoms with van der Waals surface area (Å²) in [6, 6.07) is 22.3. The van der Waals surface area contributed by atoms with Gasteiger partial charge in [-0.15, -0.1) is 0 Å². The van der Waals surface area contributed by atoms with Crippen molar-refractivity contribution in [1.82, 2.24) is 0 Å². The summed E-state index contributed by atoms with van der Waals surface area (Å²) in [6.45, 7) is 0. The number of unbranched alkanes of at least 4 members (excludes halogenated alkanes) is 1. The number of hydrogen-bond donors (Lipinski definition) is 3. The number of phenolic OH excluding ortho intramolecular Hbond substituents is 1. The van der Waals surface area contributed by atoms with Crippen molar-refractivity contribution in [3.63, 3.8) is 0 Å². The lowest BCUT2D eigenvalue weighted by atomic mass is 10.1. The molecule has 4 N–H and O–H groups in total. The van der Waals surface area contributed by atoms with Gasteiger partial charge in [0.05, 0.1) is 5.02 Å². The van der Waals surface area contributed by atoms with Crippen molar-refractivity contribution in [2.24, 2.45) is 5.73 Å². The van der Waals surface area contributed by atoms with Gasteiger partial charge in [0.25, 0.3) is 0 Å². The molecule has 0 aliphatic heterocycles. The number of phenols is 1. The van der Waals surface area contributed by atoms with E-state index in [1.165, 1.54) is 30.0 Å². The molecular formula is C25H23ClN2O2. The number of primary amides is 1. The van der Waals surface area contributed by atoms with Gasteiger partial charge >= 0.3 is 0 Å². The number of nitrogens with one attached hydrogen (secondary N) is 1. The van der Waals surface area contributed by atoms with E-state index in [0.717, 1.165) is 30.4 Å². The van der Waals surface area contributed by atoms with Crippen molar-refractivity contribution in [3.8, 4) is 17.6 Å². The number of amides is 1. The predicted molar refractivity (Wildman–Crippen MR) is 122 cm³/mol. The molecule has 0 atom stereocenters. The van der Waals surface area contributed by atoms with Crippen molar-refractivity contribution < 1.29 is 9.90 Å². The van der Waals surface area contributed by atoms with E-state index in [-0.39, 0.29) is 16.3 Å². The zero-order chi connectivity index (χ0) is 21.8. The third-order valence-electron chi connectivity index (χ3n) is 4.15. The van der Waals surface area contributed by atoms with E-state index in [1.54, 1.807) is 0 Å². The van der Waals surface area contributed by atoms with Crippen LogP contribution in [0, 0.1) is 17.3 Å². The molecule has 0 spiro atoms. The number of nitrogens with two attached hydrogens (primary N) is 1. The van der Waals surface area contributed by atoms with Gasteiger partial charge in [-0.1, -0.05) is 65.9 Å². The van der Waals surface area contributed by atoms with Gasteiger partial charge in [-0.05, 0) is 54.3 Å². The summed E-state index contributed by atoms with van der Waals surface area (Å²) in [7, 11) is 0. The lowest BCUT2D eigenvalue weighted by Gasteiger charge is -1.97. The highest BCUT2D eigenvalue weighted by atomic mass is 35.5. The molecule has 152 valence electrons. The first-order valence-electron chi connectivity index (χ1n) is 9.41. The Bertz CT molecular complexity index is 1040. The number of benzene rings is 3. The molecule has 0 aromatic heterocycles. The quantitative estimate of drug-likeness (QED) is 0.302. The molecule has 0 aliphatic rings. The summed E-state index contributed by atoms with van der Waals surface area (Å²) in [5.74, 6) is 5.74. The summed E-state index contributed by atoms with van der Waals surface area (Å²) in [6.07, 6.45) is 4.44. The number of carbonyl (C=O) groups is 1. The highest BCUT2D eigenvalue weighted by Gasteiger charge is 2.03. The third-order valence-corrected chi connectivity index (χ3v) is 4.46. The summed E-state index contributed by atoms with van der Waals surface area (Å²) in [4.78, 5) is 10.5. The fraction of sp³-hybridized carbons (Fsp3) is 0.120. The van der Waals surface area contributed by atoms with Gasteiger partial charge in [0.15, 0.2) is 0 Å². The van der Waals surface area contributed by atoms with Gasteiger partial charge in [-0.3, -0.25) is 4.79 Å². The molecule has 0 fully saturated rings. The van der Waals surface area contributed by atoms with Gasteiger partial charge in [0, 0.05) is 23.8 Å². The van der Waals surface area contributed by atoms with E-state index in [9.17, 15) is 4.79 Å². The Morgan fingerprint density at radius 3 is 2.37 bits per heavy atom. The van der Waals surface area contributed by atoms with E-state index in [4.69, 9.17) is 27.9 Å². The lowest BCUT2D eigenvalue weighted by Crippen LogP contribution is -2.10. The van der Waals surface area contributed by atoms with Gasteiger partial charge < -0.3 is 16.2 Å². The molecular weight excluding hydrogens is 396 g/mol. The van der Waals surface area contributed by atoms with Crippen molar-refractivity contribution >= 4 is 23.7 Å². The Morgan fingerprint density at radius 1 is 1.07 bits per heavy atom. The highest BCUT2D eigenvalue weighted by Crippen LogP contribution is 2.23. The van der Waals surface area contributed by atoms with Gasteiger partial charge in [0.1, 0.15) is 5.75 Å². The van der Waals surface area contributed by atoms with Crippen LogP contribution in [0.25, 0.3) is 0 Å². The van der Waals surface area contributed by atoms with Crippen LogP contribution in [0.1, 0.15) is 39.9 Å². The molecule has 3 rings (SSSR count). The average Bonchev–Trinajstić information content (AvgIpc) is 2.77. The van der Waals surface area contributed by atoms with E-state index in [1.807, 2.05) is 30.3 Å². The molecule has 0 heterocycles. The lowest BCUT2D eigenvalue weighted by molar-refractivity contribution is 0.100. The second-order valence-electron chi connectivity index (χ2n) is 6.44. The topological polar surface area (TPSA) is 87.2 Å². The second kappa shape index (κ2) is 12.1. The fourth-order valence-corrected chi connectivity index (χ4v) is 2.69. The Hall–Kier alpha value is -3.55. The summed E-state index contributed by atoms with van der Waals surface area (Å²) < 4.78 is 0. The second-order valence-corrected chi connectivity index (χ2v) is 6.84. The monoisotopic (exact) mass is 418 g/mol. The van der Waals surface area contributed by atoms with Gasteiger partial charge in [0.2, 0.25) is 5.91 Å². The Labute approximate surface area is 181 Å². The largest absolute Gasteiger partial charge is 0.506 e. The molecule has 30 heavy (non-hydrogen) atoms. The summed E-state index contributed by atoms with van der Waals surface area (Å²) in [5.41, 5.74) is 8.54. The van der Waals surface area contributed by atoms with Crippen molar-refractivity contribution in [2.45, 2.75) is 19.3 Å². The number of aromatic hydroxyl groups is 1. The number of carbonyl (C=O) groups excluding carboxylic acids is 1. The zero-order valence-electron chi connectivity index (χ0n) is 16.4. The molecule has 0 saturated carbocycles. The normalized spacial score (nSPS) is 9.50. The first-order valence-corrected chi connectivity index (χ1v) is 9.79. The average molecular weight is 419 g/mol. The molecule has 3 aromatic rings. The van der Waals surface area contributed by atoms with Crippen LogP contribution >= 0.6 is 11.6 Å². The zero-order valence-corrected chi connectivity index (χ0v) is 17.2. The van der Waals surface area contributed by atoms with Crippen LogP contribution in [0.15, 0.2) is 72.8 Å². The molecule has 3 aromatic carbocycles. The highest BCUT2D eigenvalue weighted by molar-refractivity contribution is 6.32. The van der Waals surface area contributed by atoms with Crippen LogP contribution < -0.4 is 5.73 Å². The van der Waals surface area contributed by atoms with E-state index < -0.39 is 5.91 Å². The van der Waals surface area contributed by atoms with Crippen LogP contribution in [0.5, 0.6) is 5.75 Å². The number of rotatable bonds is 5. The Morgan fingerprint density at radius 2 is 1.77 bits per heavy atom. The first-order chi connectivity index (χ1) is 14.5.